The molecule has 1 heterocycles. The summed E-state index contributed by atoms with van der Waals surface area (Å²) in [6.07, 6.45) is 0.622. The lowest BCUT2D eigenvalue weighted by atomic mass is 10.0. The smallest absolute Gasteiger partial charge is 0.249 e. The molecule has 1 unspecified atom stereocenters. The third kappa shape index (κ3) is 5.72. The van der Waals surface area contributed by atoms with E-state index in [1.807, 2.05) is 38.1 Å². The first-order valence-electron chi connectivity index (χ1n) is 7.94. The van der Waals surface area contributed by atoms with Crippen molar-refractivity contribution < 1.29 is 14.1 Å². The molecule has 0 aliphatic rings. The second-order valence-electron chi connectivity index (χ2n) is 6.15. The highest BCUT2D eigenvalue weighted by molar-refractivity contribution is 5.85. The van der Waals surface area contributed by atoms with Gasteiger partial charge < -0.3 is 20.3 Å². The second-order valence-corrected chi connectivity index (χ2v) is 6.15. The number of carbonyl (C=O) groups is 1. The number of benzene rings is 1. The molecule has 0 aliphatic heterocycles. The van der Waals surface area contributed by atoms with Crippen molar-refractivity contribution in [3.63, 3.8) is 0 Å². The van der Waals surface area contributed by atoms with Gasteiger partial charge in [-0.05, 0) is 31.4 Å². The first-order chi connectivity index (χ1) is 11.4. The van der Waals surface area contributed by atoms with Crippen molar-refractivity contribution in [2.24, 2.45) is 11.7 Å². The minimum atomic E-state index is -0.548. The summed E-state index contributed by atoms with van der Waals surface area (Å²) in [6, 6.07) is 6.40. The Hall–Kier alpha value is -2.12. The van der Waals surface area contributed by atoms with Crippen LogP contribution in [0.15, 0.2) is 28.8 Å². The van der Waals surface area contributed by atoms with Crippen LogP contribution in [0.4, 0.5) is 0 Å². The van der Waals surface area contributed by atoms with Gasteiger partial charge in [-0.1, -0.05) is 31.1 Å². The standard InChI is InChI=1S/C17H24N4O3.ClH/c1-10(2)8-14(18)16(22)19-11(3)17-20-15(21-24-17)12-6-5-7-13(9-12)23-4;/h5-7,9-11,14H,8,18H2,1-4H3,(H,19,22);1H/t11?,14-;/m0./s1. The maximum Gasteiger partial charge on any atom is 0.249 e. The van der Waals surface area contributed by atoms with Crippen molar-refractivity contribution in [1.29, 1.82) is 0 Å². The van der Waals surface area contributed by atoms with E-state index < -0.39 is 12.1 Å². The van der Waals surface area contributed by atoms with Gasteiger partial charge in [-0.2, -0.15) is 4.98 Å². The van der Waals surface area contributed by atoms with Crippen molar-refractivity contribution in [3.8, 4) is 17.1 Å². The summed E-state index contributed by atoms with van der Waals surface area (Å²) in [5, 5.41) is 6.76. The molecule has 2 atom stereocenters. The molecule has 0 saturated carbocycles. The Bertz CT molecular complexity index is 690. The van der Waals surface area contributed by atoms with Crippen LogP contribution in [0.2, 0.25) is 0 Å². The number of hydrogen-bond acceptors (Lipinski definition) is 6. The van der Waals surface area contributed by atoms with Gasteiger partial charge in [0.25, 0.3) is 0 Å². The lowest BCUT2D eigenvalue weighted by Crippen LogP contribution is -2.42. The van der Waals surface area contributed by atoms with Crippen LogP contribution in [-0.4, -0.2) is 29.2 Å². The molecule has 0 bridgehead atoms. The van der Waals surface area contributed by atoms with E-state index >= 15 is 0 Å². The Morgan fingerprint density at radius 1 is 1.36 bits per heavy atom. The number of halogens is 1. The van der Waals surface area contributed by atoms with Gasteiger partial charge in [0.05, 0.1) is 13.2 Å². The molecule has 8 heteroatoms. The van der Waals surface area contributed by atoms with Gasteiger partial charge in [0.15, 0.2) is 0 Å². The molecule has 7 nitrogen and oxygen atoms in total. The fourth-order valence-corrected chi connectivity index (χ4v) is 2.29. The molecule has 0 radical (unpaired) electrons. The number of nitrogens with one attached hydrogen (secondary N) is 1. The summed E-state index contributed by atoms with van der Waals surface area (Å²) in [5.74, 6) is 1.61. The van der Waals surface area contributed by atoms with E-state index in [1.54, 1.807) is 14.0 Å². The summed E-state index contributed by atoms with van der Waals surface area (Å²) in [6.45, 7) is 5.83. The average Bonchev–Trinajstić information content (AvgIpc) is 3.04. The van der Waals surface area contributed by atoms with E-state index in [1.165, 1.54) is 0 Å². The first kappa shape index (κ1) is 20.9. The molecule has 138 valence electrons. The topological polar surface area (TPSA) is 103 Å². The first-order valence-corrected chi connectivity index (χ1v) is 7.94. The Morgan fingerprint density at radius 2 is 2.08 bits per heavy atom. The van der Waals surface area contributed by atoms with Gasteiger partial charge in [-0.25, -0.2) is 0 Å². The SMILES string of the molecule is COc1cccc(-c2noc(C(C)NC(=O)[C@@H](N)CC(C)C)n2)c1.Cl. The monoisotopic (exact) mass is 368 g/mol. The number of methoxy groups -OCH3 is 1. The highest BCUT2D eigenvalue weighted by atomic mass is 35.5. The number of nitrogens with zero attached hydrogens (tertiary/aromatic N) is 2. The number of rotatable bonds is 7. The van der Waals surface area contributed by atoms with E-state index in [2.05, 4.69) is 15.5 Å². The molecule has 0 fully saturated rings. The van der Waals surface area contributed by atoms with Crippen LogP contribution in [0.5, 0.6) is 5.75 Å². The normalized spacial score (nSPS) is 13.0. The van der Waals surface area contributed by atoms with Crippen LogP contribution in [0.1, 0.15) is 39.1 Å². The summed E-state index contributed by atoms with van der Waals surface area (Å²) < 4.78 is 10.4. The molecule has 0 aliphatic carbocycles. The predicted octanol–water partition coefficient (Wildman–Crippen LogP) is 2.72. The molecular formula is C17H25ClN4O3. The largest absolute Gasteiger partial charge is 0.497 e. The zero-order valence-electron chi connectivity index (χ0n) is 14.9. The summed E-state index contributed by atoms with van der Waals surface area (Å²) in [7, 11) is 1.60. The third-order valence-electron chi connectivity index (χ3n) is 3.56. The van der Waals surface area contributed by atoms with Crippen molar-refractivity contribution in [3.05, 3.63) is 30.2 Å². The molecule has 3 N–H and O–H groups in total. The van der Waals surface area contributed by atoms with Crippen molar-refractivity contribution >= 4 is 18.3 Å². The molecule has 2 rings (SSSR count). The molecule has 1 aromatic heterocycles. The quantitative estimate of drug-likeness (QED) is 0.778. The van der Waals surface area contributed by atoms with E-state index in [0.717, 1.165) is 5.56 Å². The number of nitrogens with two attached hydrogens (primary N) is 1. The van der Waals surface area contributed by atoms with Crippen molar-refractivity contribution in [2.45, 2.75) is 39.3 Å². The zero-order valence-corrected chi connectivity index (χ0v) is 15.7. The molecule has 0 saturated heterocycles. The molecule has 1 aromatic carbocycles. The number of hydrogen-bond donors (Lipinski definition) is 2. The van der Waals surface area contributed by atoms with Gasteiger partial charge in [-0.3, -0.25) is 4.79 Å². The maximum absolute atomic E-state index is 12.1. The highest BCUT2D eigenvalue weighted by Gasteiger charge is 2.21. The van der Waals surface area contributed by atoms with Crippen LogP contribution in [-0.2, 0) is 4.79 Å². The number of ether oxygens (including phenoxy) is 1. The van der Waals surface area contributed by atoms with Crippen molar-refractivity contribution in [2.75, 3.05) is 7.11 Å². The Balaban J connectivity index is 0.00000312. The number of carbonyl (C=O) groups excluding carboxylic acids is 1. The molecule has 25 heavy (non-hydrogen) atoms. The van der Waals surface area contributed by atoms with Crippen LogP contribution >= 0.6 is 12.4 Å². The summed E-state index contributed by atoms with van der Waals surface area (Å²) >= 11 is 0. The van der Waals surface area contributed by atoms with Crippen molar-refractivity contribution in [1.82, 2.24) is 15.5 Å². The fourth-order valence-electron chi connectivity index (χ4n) is 2.29. The van der Waals surface area contributed by atoms with Gasteiger partial charge in [0.2, 0.25) is 17.6 Å². The molecule has 1 amide bonds. The van der Waals surface area contributed by atoms with Crippen LogP contribution < -0.4 is 15.8 Å². The van der Waals surface area contributed by atoms with Gasteiger partial charge >= 0.3 is 0 Å². The third-order valence-corrected chi connectivity index (χ3v) is 3.56. The summed E-state index contributed by atoms with van der Waals surface area (Å²) in [4.78, 5) is 16.4. The number of amides is 1. The fraction of sp³-hybridized carbons (Fsp3) is 0.471. The maximum atomic E-state index is 12.1. The second kappa shape index (κ2) is 9.39. The number of aromatic nitrogens is 2. The van der Waals surface area contributed by atoms with E-state index in [4.69, 9.17) is 15.0 Å². The van der Waals surface area contributed by atoms with Crippen LogP contribution in [0, 0.1) is 5.92 Å². The van der Waals surface area contributed by atoms with Gasteiger partial charge in [-0.15, -0.1) is 12.4 Å². The minimum absolute atomic E-state index is 0. The van der Waals surface area contributed by atoms with Gasteiger partial charge in [0, 0.05) is 5.56 Å². The highest BCUT2D eigenvalue weighted by Crippen LogP contribution is 2.22. The average molecular weight is 369 g/mol. The van der Waals surface area contributed by atoms with E-state index in [0.29, 0.717) is 29.8 Å². The van der Waals surface area contributed by atoms with E-state index in [-0.39, 0.29) is 18.3 Å². The Labute approximate surface area is 153 Å². The predicted molar refractivity (Wildman–Crippen MR) is 97.5 cm³/mol. The lowest BCUT2D eigenvalue weighted by Gasteiger charge is -2.16. The van der Waals surface area contributed by atoms with Crippen LogP contribution in [0.25, 0.3) is 11.4 Å². The van der Waals surface area contributed by atoms with E-state index in [9.17, 15) is 4.79 Å². The summed E-state index contributed by atoms with van der Waals surface area (Å²) in [5.41, 5.74) is 6.66. The van der Waals surface area contributed by atoms with Gasteiger partial charge in [0.1, 0.15) is 11.8 Å². The van der Waals surface area contributed by atoms with Crippen LogP contribution in [0.3, 0.4) is 0 Å². The lowest BCUT2D eigenvalue weighted by molar-refractivity contribution is -0.123. The zero-order chi connectivity index (χ0) is 17.7. The minimum Gasteiger partial charge on any atom is -0.497 e. The molecule has 2 aromatic rings. The molecule has 0 spiro atoms. The Morgan fingerprint density at radius 3 is 2.72 bits per heavy atom. The molecular weight excluding hydrogens is 344 g/mol. The Kier molecular flexibility index (Phi) is 7.86.